The molecule has 0 fully saturated rings. The molecular weight excluding hydrogens is 264 g/mol. The lowest BCUT2D eigenvalue weighted by atomic mass is 10.1. The molecule has 1 rings (SSSR count). The molecule has 1 aromatic carbocycles. The summed E-state index contributed by atoms with van der Waals surface area (Å²) in [5, 5.41) is 22.7. The highest BCUT2D eigenvalue weighted by molar-refractivity contribution is 5.72. The molecule has 2 N–H and O–H groups in total. The van der Waals surface area contributed by atoms with Gasteiger partial charge in [-0.1, -0.05) is 13.3 Å². The fraction of sp³-hybridized carbons (Fsp3) is 0.462. The van der Waals surface area contributed by atoms with Crippen molar-refractivity contribution in [1.29, 1.82) is 0 Å². The minimum absolute atomic E-state index is 0.0510. The quantitative estimate of drug-likeness (QED) is 0.558. The molecule has 1 aromatic rings. The van der Waals surface area contributed by atoms with Crippen molar-refractivity contribution in [3.05, 3.63) is 33.9 Å². The molecule has 0 spiro atoms. The standard InChI is InChI=1S/C13H18N2O5/c1-3-4-12(13(16)17)20-11-6-5-10(15(18)19)7-9(11)8-14-2/h5-7,12,14H,3-4,8H2,1-2H3,(H,16,17). The Kier molecular flexibility index (Phi) is 5.92. The van der Waals surface area contributed by atoms with Crippen molar-refractivity contribution in [1.82, 2.24) is 5.32 Å². The number of nitrogens with one attached hydrogen (secondary N) is 1. The summed E-state index contributed by atoms with van der Waals surface area (Å²) in [6.45, 7) is 2.22. The van der Waals surface area contributed by atoms with Gasteiger partial charge in [0.2, 0.25) is 0 Å². The van der Waals surface area contributed by atoms with Gasteiger partial charge in [0.1, 0.15) is 5.75 Å². The molecule has 0 bridgehead atoms. The summed E-state index contributed by atoms with van der Waals surface area (Å²) < 4.78 is 5.47. The van der Waals surface area contributed by atoms with Gasteiger partial charge in [-0.3, -0.25) is 10.1 Å². The number of nitro benzene ring substituents is 1. The van der Waals surface area contributed by atoms with E-state index in [0.29, 0.717) is 30.7 Å². The van der Waals surface area contributed by atoms with E-state index in [1.165, 1.54) is 18.2 Å². The Balaban J connectivity index is 3.03. The van der Waals surface area contributed by atoms with E-state index >= 15 is 0 Å². The van der Waals surface area contributed by atoms with Gasteiger partial charge in [-0.05, 0) is 19.5 Å². The Bertz CT molecular complexity index is 490. The topological polar surface area (TPSA) is 102 Å². The molecule has 0 amide bonds. The first-order valence-corrected chi connectivity index (χ1v) is 6.31. The van der Waals surface area contributed by atoms with E-state index in [1.807, 2.05) is 6.92 Å². The van der Waals surface area contributed by atoms with Gasteiger partial charge in [0.15, 0.2) is 6.10 Å². The number of nitrogens with zero attached hydrogens (tertiary/aromatic N) is 1. The van der Waals surface area contributed by atoms with Gasteiger partial charge in [-0.2, -0.15) is 0 Å². The van der Waals surface area contributed by atoms with Gasteiger partial charge in [0.05, 0.1) is 4.92 Å². The summed E-state index contributed by atoms with van der Waals surface area (Å²) in [5.41, 5.74) is 0.508. The summed E-state index contributed by atoms with van der Waals surface area (Å²) >= 11 is 0. The summed E-state index contributed by atoms with van der Waals surface area (Å²) in [5.74, 6) is -0.689. The molecular formula is C13H18N2O5. The van der Waals surface area contributed by atoms with Crippen molar-refractivity contribution in [2.45, 2.75) is 32.4 Å². The summed E-state index contributed by atoms with van der Waals surface area (Å²) in [6.07, 6.45) is 0.105. The van der Waals surface area contributed by atoms with Crippen LogP contribution in [0.4, 0.5) is 5.69 Å². The maximum absolute atomic E-state index is 11.1. The zero-order valence-corrected chi connectivity index (χ0v) is 11.5. The van der Waals surface area contributed by atoms with Gasteiger partial charge < -0.3 is 15.2 Å². The van der Waals surface area contributed by atoms with Crippen LogP contribution >= 0.6 is 0 Å². The molecule has 0 saturated carbocycles. The number of ether oxygens (including phenoxy) is 1. The van der Waals surface area contributed by atoms with Crippen LogP contribution in [0.5, 0.6) is 5.75 Å². The number of non-ortho nitro benzene ring substituents is 1. The molecule has 0 saturated heterocycles. The highest BCUT2D eigenvalue weighted by Gasteiger charge is 2.20. The van der Waals surface area contributed by atoms with Crippen LogP contribution in [0.15, 0.2) is 18.2 Å². The minimum Gasteiger partial charge on any atom is -0.479 e. The molecule has 0 aliphatic heterocycles. The molecule has 0 radical (unpaired) electrons. The van der Waals surface area contributed by atoms with Crippen LogP contribution in [0.1, 0.15) is 25.3 Å². The number of carbonyl (C=O) groups is 1. The molecule has 0 aliphatic carbocycles. The van der Waals surface area contributed by atoms with Crippen LogP contribution in [0.25, 0.3) is 0 Å². The first-order valence-electron chi connectivity index (χ1n) is 6.31. The molecule has 0 heterocycles. The predicted molar refractivity (Wildman–Crippen MR) is 72.8 cm³/mol. The maximum Gasteiger partial charge on any atom is 0.344 e. The van der Waals surface area contributed by atoms with Crippen molar-refractivity contribution in [3.8, 4) is 5.75 Å². The second-order valence-electron chi connectivity index (χ2n) is 4.31. The minimum atomic E-state index is -1.04. The number of nitro groups is 1. The van der Waals surface area contributed by atoms with Gasteiger partial charge >= 0.3 is 5.97 Å². The average molecular weight is 282 g/mol. The van der Waals surface area contributed by atoms with E-state index in [9.17, 15) is 14.9 Å². The molecule has 1 atom stereocenters. The number of rotatable bonds is 8. The third-order valence-electron chi connectivity index (χ3n) is 2.72. The monoisotopic (exact) mass is 282 g/mol. The van der Waals surface area contributed by atoms with Crippen LogP contribution in [0, 0.1) is 10.1 Å². The highest BCUT2D eigenvalue weighted by atomic mass is 16.6. The van der Waals surface area contributed by atoms with Gasteiger partial charge in [-0.15, -0.1) is 0 Å². The smallest absolute Gasteiger partial charge is 0.344 e. The van der Waals surface area contributed by atoms with Crippen molar-refractivity contribution >= 4 is 11.7 Å². The van der Waals surface area contributed by atoms with Crippen LogP contribution < -0.4 is 10.1 Å². The maximum atomic E-state index is 11.1. The largest absolute Gasteiger partial charge is 0.479 e. The van der Waals surface area contributed by atoms with Gasteiger partial charge in [0.25, 0.3) is 5.69 Å². The Hall–Kier alpha value is -2.15. The lowest BCUT2D eigenvalue weighted by molar-refractivity contribution is -0.384. The second-order valence-corrected chi connectivity index (χ2v) is 4.31. The number of aliphatic carboxylic acids is 1. The second kappa shape index (κ2) is 7.44. The fourth-order valence-corrected chi connectivity index (χ4v) is 1.77. The summed E-state index contributed by atoms with van der Waals surface area (Å²) in [7, 11) is 1.70. The van der Waals surface area contributed by atoms with Crippen molar-refractivity contribution in [3.63, 3.8) is 0 Å². The summed E-state index contributed by atoms with van der Waals surface area (Å²) in [4.78, 5) is 21.3. The molecule has 110 valence electrons. The average Bonchev–Trinajstić information content (AvgIpc) is 2.39. The van der Waals surface area contributed by atoms with E-state index in [-0.39, 0.29) is 5.69 Å². The summed E-state index contributed by atoms with van der Waals surface area (Å²) in [6, 6.07) is 4.13. The van der Waals surface area contributed by atoms with E-state index in [4.69, 9.17) is 9.84 Å². The van der Waals surface area contributed by atoms with E-state index in [2.05, 4.69) is 5.32 Å². The third kappa shape index (κ3) is 4.20. The molecule has 0 aliphatic rings. The van der Waals surface area contributed by atoms with Gasteiger partial charge in [-0.25, -0.2) is 4.79 Å². The number of hydrogen-bond acceptors (Lipinski definition) is 5. The van der Waals surface area contributed by atoms with Crippen LogP contribution in [0.3, 0.4) is 0 Å². The molecule has 1 unspecified atom stereocenters. The van der Waals surface area contributed by atoms with E-state index in [1.54, 1.807) is 7.05 Å². The zero-order valence-electron chi connectivity index (χ0n) is 11.5. The van der Waals surface area contributed by atoms with Crippen LogP contribution in [-0.4, -0.2) is 29.2 Å². The van der Waals surface area contributed by atoms with Crippen molar-refractivity contribution in [2.75, 3.05) is 7.05 Å². The van der Waals surface area contributed by atoms with Crippen molar-refractivity contribution < 1.29 is 19.6 Å². The lowest BCUT2D eigenvalue weighted by Crippen LogP contribution is -2.27. The normalized spacial score (nSPS) is 11.9. The number of carboxylic acid groups (broad SMARTS) is 1. The van der Waals surface area contributed by atoms with Crippen LogP contribution in [-0.2, 0) is 11.3 Å². The Morgan fingerprint density at radius 1 is 1.55 bits per heavy atom. The van der Waals surface area contributed by atoms with Gasteiger partial charge in [0, 0.05) is 24.2 Å². The number of carboxylic acids is 1. The Morgan fingerprint density at radius 2 is 2.25 bits per heavy atom. The molecule has 0 aromatic heterocycles. The molecule has 7 nitrogen and oxygen atoms in total. The van der Waals surface area contributed by atoms with Crippen molar-refractivity contribution in [2.24, 2.45) is 0 Å². The zero-order chi connectivity index (χ0) is 15.1. The van der Waals surface area contributed by atoms with E-state index in [0.717, 1.165) is 0 Å². The Morgan fingerprint density at radius 3 is 2.75 bits per heavy atom. The predicted octanol–water partition coefficient (Wildman–Crippen LogP) is 1.95. The number of benzene rings is 1. The first kappa shape index (κ1) is 15.9. The SMILES string of the molecule is CCCC(Oc1ccc([N+](=O)[O-])cc1CNC)C(=O)O. The van der Waals surface area contributed by atoms with E-state index < -0.39 is 17.0 Å². The molecule has 7 heteroatoms. The fourth-order valence-electron chi connectivity index (χ4n) is 1.77. The molecule has 20 heavy (non-hydrogen) atoms. The van der Waals surface area contributed by atoms with Crippen LogP contribution in [0.2, 0.25) is 0 Å². The lowest BCUT2D eigenvalue weighted by Gasteiger charge is -2.17. The number of hydrogen-bond donors (Lipinski definition) is 2. The Labute approximate surface area is 116 Å². The third-order valence-corrected chi connectivity index (χ3v) is 2.72. The highest BCUT2D eigenvalue weighted by Crippen LogP contribution is 2.25. The first-order chi connectivity index (χ1) is 9.49.